The standard InChI is InChI=1S/C29H32ClN5O/c1-20-17-31-28-26(20)27(24(18-32-28)21-7-5-4-6-8-21)34-13-15-35(16-14-34)29(36)25(19-33(2)3)22-9-11-23(30)12-10-22/h4-12,17-18,25H,13-16,19H2,1-3H3,(H,31,32)/t25-/m1/s1. The maximum absolute atomic E-state index is 13.7. The number of carbonyl (C=O) groups is 1. The molecule has 2 aromatic carbocycles. The lowest BCUT2D eigenvalue weighted by atomic mass is 9.96. The summed E-state index contributed by atoms with van der Waals surface area (Å²) in [4.78, 5) is 28.2. The minimum absolute atomic E-state index is 0.173. The molecule has 2 aromatic heterocycles. The Morgan fingerprint density at radius 3 is 2.42 bits per heavy atom. The zero-order chi connectivity index (χ0) is 25.2. The van der Waals surface area contributed by atoms with Crippen LogP contribution in [0, 0.1) is 6.92 Å². The molecule has 1 aliphatic rings. The van der Waals surface area contributed by atoms with Crippen LogP contribution in [0.4, 0.5) is 5.69 Å². The van der Waals surface area contributed by atoms with E-state index in [4.69, 9.17) is 16.6 Å². The zero-order valence-corrected chi connectivity index (χ0v) is 21.8. The van der Waals surface area contributed by atoms with Crippen molar-refractivity contribution < 1.29 is 4.79 Å². The molecule has 186 valence electrons. The Morgan fingerprint density at radius 2 is 1.75 bits per heavy atom. The van der Waals surface area contributed by atoms with Crippen LogP contribution in [-0.2, 0) is 4.79 Å². The van der Waals surface area contributed by atoms with Gasteiger partial charge in [-0.2, -0.15) is 0 Å². The summed E-state index contributed by atoms with van der Waals surface area (Å²) >= 11 is 6.11. The van der Waals surface area contributed by atoms with Crippen molar-refractivity contribution in [3.05, 3.63) is 83.1 Å². The Hall–Kier alpha value is -3.35. The number of amides is 1. The van der Waals surface area contributed by atoms with Gasteiger partial charge in [-0.15, -0.1) is 0 Å². The molecule has 6 nitrogen and oxygen atoms in total. The fourth-order valence-corrected chi connectivity index (χ4v) is 5.27. The highest BCUT2D eigenvalue weighted by Crippen LogP contribution is 2.38. The molecule has 7 heteroatoms. The summed E-state index contributed by atoms with van der Waals surface area (Å²) < 4.78 is 0. The lowest BCUT2D eigenvalue weighted by molar-refractivity contribution is -0.133. The lowest BCUT2D eigenvalue weighted by Gasteiger charge is -2.39. The average molecular weight is 502 g/mol. The van der Waals surface area contributed by atoms with E-state index >= 15 is 0 Å². The van der Waals surface area contributed by atoms with E-state index in [-0.39, 0.29) is 11.8 Å². The molecular formula is C29H32ClN5O. The molecule has 1 saturated heterocycles. The minimum Gasteiger partial charge on any atom is -0.367 e. The molecule has 5 rings (SSSR count). The van der Waals surface area contributed by atoms with Gasteiger partial charge in [0.25, 0.3) is 0 Å². The quantitative estimate of drug-likeness (QED) is 0.395. The fraction of sp³-hybridized carbons (Fsp3) is 0.310. The van der Waals surface area contributed by atoms with Crippen molar-refractivity contribution >= 4 is 34.2 Å². The number of benzene rings is 2. The van der Waals surface area contributed by atoms with Crippen molar-refractivity contribution in [3.8, 4) is 11.1 Å². The topological polar surface area (TPSA) is 55.5 Å². The summed E-state index contributed by atoms with van der Waals surface area (Å²) in [5, 5.41) is 1.84. The van der Waals surface area contributed by atoms with Gasteiger partial charge in [0.1, 0.15) is 5.65 Å². The van der Waals surface area contributed by atoms with E-state index in [9.17, 15) is 4.79 Å². The molecule has 0 spiro atoms. The molecule has 1 amide bonds. The highest BCUT2D eigenvalue weighted by molar-refractivity contribution is 6.30. The lowest BCUT2D eigenvalue weighted by Crippen LogP contribution is -2.51. The number of hydrogen-bond acceptors (Lipinski definition) is 4. The van der Waals surface area contributed by atoms with E-state index in [2.05, 4.69) is 46.0 Å². The zero-order valence-electron chi connectivity index (χ0n) is 21.0. The van der Waals surface area contributed by atoms with Gasteiger partial charge >= 0.3 is 0 Å². The molecule has 1 fully saturated rings. The fourth-order valence-electron chi connectivity index (χ4n) is 5.15. The Morgan fingerprint density at radius 1 is 1.06 bits per heavy atom. The van der Waals surface area contributed by atoms with Crippen LogP contribution in [0.2, 0.25) is 5.02 Å². The average Bonchev–Trinajstić information content (AvgIpc) is 3.28. The van der Waals surface area contributed by atoms with Crippen LogP contribution in [0.25, 0.3) is 22.2 Å². The molecule has 3 heterocycles. The number of anilines is 1. The van der Waals surface area contributed by atoms with Gasteiger partial charge in [-0.3, -0.25) is 4.79 Å². The first-order valence-corrected chi connectivity index (χ1v) is 12.8. The number of rotatable bonds is 6. The second-order valence-corrected chi connectivity index (χ2v) is 10.2. The third-order valence-corrected chi connectivity index (χ3v) is 7.23. The number of halogens is 1. The minimum atomic E-state index is -0.219. The highest BCUT2D eigenvalue weighted by Gasteiger charge is 2.30. The molecule has 36 heavy (non-hydrogen) atoms. The van der Waals surface area contributed by atoms with E-state index in [0.717, 1.165) is 40.8 Å². The Labute approximate surface area is 217 Å². The number of nitrogens with one attached hydrogen (secondary N) is 1. The third-order valence-electron chi connectivity index (χ3n) is 6.98. The second-order valence-electron chi connectivity index (χ2n) is 9.76. The van der Waals surface area contributed by atoms with Gasteiger partial charge in [-0.1, -0.05) is 54.1 Å². The van der Waals surface area contributed by atoms with Gasteiger partial charge in [0.05, 0.1) is 11.6 Å². The molecule has 4 aromatic rings. The molecule has 1 aliphatic heterocycles. The first-order valence-electron chi connectivity index (χ1n) is 12.4. The van der Waals surface area contributed by atoms with Crippen molar-refractivity contribution in [1.82, 2.24) is 19.8 Å². The summed E-state index contributed by atoms with van der Waals surface area (Å²) in [6.07, 6.45) is 3.99. The normalized spacial score (nSPS) is 15.0. The van der Waals surface area contributed by atoms with E-state index in [1.807, 2.05) is 61.7 Å². The van der Waals surface area contributed by atoms with Crippen molar-refractivity contribution in [2.45, 2.75) is 12.8 Å². The molecule has 0 bridgehead atoms. The SMILES string of the molecule is Cc1c[nH]c2ncc(-c3ccccc3)c(N3CCN(C(=O)[C@H](CN(C)C)c4ccc(Cl)cc4)CC3)c12. The monoisotopic (exact) mass is 501 g/mol. The molecule has 1 N–H and O–H groups in total. The van der Waals surface area contributed by atoms with Gasteiger partial charge in [-0.05, 0) is 49.8 Å². The number of piperazine rings is 1. The van der Waals surface area contributed by atoms with E-state index in [0.29, 0.717) is 24.7 Å². The first kappa shape index (κ1) is 24.3. The van der Waals surface area contributed by atoms with E-state index < -0.39 is 0 Å². The third kappa shape index (κ3) is 4.84. The van der Waals surface area contributed by atoms with Gasteiger partial charge in [0.15, 0.2) is 0 Å². The maximum Gasteiger partial charge on any atom is 0.231 e. The van der Waals surface area contributed by atoms with E-state index in [1.54, 1.807) is 0 Å². The number of fused-ring (bicyclic) bond motifs is 1. The van der Waals surface area contributed by atoms with Gasteiger partial charge in [-0.25, -0.2) is 4.98 Å². The Kier molecular flexibility index (Phi) is 6.99. The number of aromatic nitrogens is 2. The smallest absolute Gasteiger partial charge is 0.231 e. The van der Waals surface area contributed by atoms with Gasteiger partial charge in [0.2, 0.25) is 5.91 Å². The van der Waals surface area contributed by atoms with Crippen LogP contribution in [0.5, 0.6) is 0 Å². The second kappa shape index (κ2) is 10.3. The molecule has 0 unspecified atom stereocenters. The summed E-state index contributed by atoms with van der Waals surface area (Å²) in [5.74, 6) is -0.0464. The molecule has 0 aliphatic carbocycles. The summed E-state index contributed by atoms with van der Waals surface area (Å²) in [7, 11) is 4.01. The van der Waals surface area contributed by atoms with Gasteiger partial charge in [0, 0.05) is 61.1 Å². The molecule has 0 saturated carbocycles. The molecule has 1 atom stereocenters. The van der Waals surface area contributed by atoms with Crippen molar-refractivity contribution in [2.24, 2.45) is 0 Å². The maximum atomic E-state index is 13.7. The van der Waals surface area contributed by atoms with Crippen molar-refractivity contribution in [1.29, 1.82) is 0 Å². The van der Waals surface area contributed by atoms with Crippen LogP contribution in [0.15, 0.2) is 67.0 Å². The van der Waals surface area contributed by atoms with Crippen molar-refractivity contribution in [2.75, 3.05) is 51.7 Å². The number of nitrogens with zero attached hydrogens (tertiary/aromatic N) is 4. The molecular weight excluding hydrogens is 470 g/mol. The molecule has 0 radical (unpaired) electrons. The van der Waals surface area contributed by atoms with Crippen LogP contribution < -0.4 is 4.90 Å². The number of aromatic amines is 1. The van der Waals surface area contributed by atoms with Crippen LogP contribution in [0.1, 0.15) is 17.0 Å². The van der Waals surface area contributed by atoms with Crippen molar-refractivity contribution in [3.63, 3.8) is 0 Å². The number of aryl methyl sites for hydroxylation is 1. The predicted molar refractivity (Wildman–Crippen MR) is 148 cm³/mol. The van der Waals surface area contributed by atoms with E-state index in [1.165, 1.54) is 11.3 Å². The van der Waals surface area contributed by atoms with Crippen LogP contribution in [0.3, 0.4) is 0 Å². The highest BCUT2D eigenvalue weighted by atomic mass is 35.5. The summed E-state index contributed by atoms with van der Waals surface area (Å²) in [5.41, 5.74) is 6.55. The number of pyridine rings is 1. The number of carbonyl (C=O) groups excluding carboxylic acids is 1. The van der Waals surface area contributed by atoms with Crippen LogP contribution in [-0.4, -0.2) is 72.5 Å². The number of hydrogen-bond donors (Lipinski definition) is 1. The van der Waals surface area contributed by atoms with Crippen LogP contribution >= 0.6 is 11.6 Å². The summed E-state index contributed by atoms with van der Waals surface area (Å²) in [6, 6.07) is 18.1. The number of H-pyrrole nitrogens is 1. The largest absolute Gasteiger partial charge is 0.367 e. The first-order chi connectivity index (χ1) is 17.4. The predicted octanol–water partition coefficient (Wildman–Crippen LogP) is 5.19. The Bertz CT molecular complexity index is 1340. The summed E-state index contributed by atoms with van der Waals surface area (Å²) in [6.45, 7) is 5.67. The number of likely N-dealkylation sites (N-methyl/N-ethyl adjacent to an activating group) is 1. The van der Waals surface area contributed by atoms with Gasteiger partial charge < -0.3 is 19.7 Å². The Balaban J connectivity index is 1.42.